The van der Waals surface area contributed by atoms with Gasteiger partial charge >= 0.3 is 0 Å². The van der Waals surface area contributed by atoms with Crippen molar-refractivity contribution in [2.24, 2.45) is 0 Å². The molecule has 0 heterocycles. The zero-order valence-corrected chi connectivity index (χ0v) is 24.0. The van der Waals surface area contributed by atoms with Crippen molar-refractivity contribution in [2.75, 3.05) is 17.1 Å². The second-order valence-corrected chi connectivity index (χ2v) is 11.6. The number of rotatable bonds is 14. The molecule has 37 heavy (non-hydrogen) atoms. The molecule has 0 aliphatic rings. The monoisotopic (exact) mass is 529 g/mol. The Bertz CT molecular complexity index is 1130. The number of hydrogen-bond donors (Lipinski definition) is 1. The second-order valence-electron chi connectivity index (χ2n) is 9.65. The van der Waals surface area contributed by atoms with Gasteiger partial charge in [-0.25, -0.2) is 8.42 Å². The summed E-state index contributed by atoms with van der Waals surface area (Å²) in [7, 11) is -3.52. The van der Waals surface area contributed by atoms with Crippen molar-refractivity contribution < 1.29 is 18.0 Å². The number of carbonyl (C=O) groups excluding carboxylic acids is 2. The standard InChI is InChI=1S/C29H43N3O4S/c1-7-23(5)30-29(34)27(9-3)31(21-25-14-11-10-13-22(25)4)28(33)15-12-20-32(37(6,35)36)26-18-16-24(8-2)17-19-26/h10-11,13-14,16-19,23,27H,7-9,12,15,20-21H2,1-6H3,(H,30,34)/t23-,27+/m0/s1. The second kappa shape index (κ2) is 14.2. The molecule has 0 bridgehead atoms. The van der Waals surface area contributed by atoms with Crippen LogP contribution in [0.1, 0.15) is 70.1 Å². The lowest BCUT2D eigenvalue weighted by Gasteiger charge is -2.32. The molecule has 0 aliphatic heterocycles. The molecule has 0 aliphatic carbocycles. The predicted molar refractivity (Wildman–Crippen MR) is 151 cm³/mol. The minimum Gasteiger partial charge on any atom is -0.352 e. The van der Waals surface area contributed by atoms with Gasteiger partial charge in [-0.3, -0.25) is 13.9 Å². The molecule has 2 atom stereocenters. The maximum Gasteiger partial charge on any atom is 0.243 e. The highest BCUT2D eigenvalue weighted by atomic mass is 32.2. The van der Waals surface area contributed by atoms with Gasteiger partial charge in [-0.1, -0.05) is 57.2 Å². The molecule has 204 valence electrons. The van der Waals surface area contributed by atoms with E-state index in [1.165, 1.54) is 10.6 Å². The highest BCUT2D eigenvalue weighted by Crippen LogP contribution is 2.21. The van der Waals surface area contributed by atoms with Crippen molar-refractivity contribution in [3.8, 4) is 0 Å². The van der Waals surface area contributed by atoms with Gasteiger partial charge in [0.2, 0.25) is 21.8 Å². The normalized spacial score (nSPS) is 13.0. The predicted octanol–water partition coefficient (Wildman–Crippen LogP) is 4.83. The van der Waals surface area contributed by atoms with E-state index in [0.717, 1.165) is 29.5 Å². The summed E-state index contributed by atoms with van der Waals surface area (Å²) in [5.74, 6) is -0.322. The Kier molecular flexibility index (Phi) is 11.6. The average Bonchev–Trinajstić information content (AvgIpc) is 2.86. The van der Waals surface area contributed by atoms with Crippen LogP contribution < -0.4 is 9.62 Å². The largest absolute Gasteiger partial charge is 0.352 e. The minimum atomic E-state index is -3.52. The Balaban J connectivity index is 2.23. The van der Waals surface area contributed by atoms with Crippen molar-refractivity contribution in [2.45, 2.75) is 85.4 Å². The molecule has 8 heteroatoms. The van der Waals surface area contributed by atoms with Crippen LogP contribution in [0, 0.1) is 6.92 Å². The number of amides is 2. The molecule has 2 aromatic carbocycles. The number of nitrogens with zero attached hydrogens (tertiary/aromatic N) is 2. The summed E-state index contributed by atoms with van der Waals surface area (Å²) < 4.78 is 26.4. The molecule has 0 saturated heterocycles. The summed E-state index contributed by atoms with van der Waals surface area (Å²) in [5, 5.41) is 3.02. The van der Waals surface area contributed by atoms with Crippen molar-refractivity contribution in [1.82, 2.24) is 10.2 Å². The van der Waals surface area contributed by atoms with Crippen molar-refractivity contribution in [1.29, 1.82) is 0 Å². The van der Waals surface area contributed by atoms with Crippen LogP contribution in [-0.2, 0) is 32.6 Å². The van der Waals surface area contributed by atoms with E-state index in [4.69, 9.17) is 0 Å². The molecule has 0 fully saturated rings. The van der Waals surface area contributed by atoms with E-state index in [1.54, 1.807) is 17.0 Å². The molecular weight excluding hydrogens is 486 g/mol. The van der Waals surface area contributed by atoms with Crippen molar-refractivity contribution in [3.05, 3.63) is 65.2 Å². The van der Waals surface area contributed by atoms with Gasteiger partial charge < -0.3 is 10.2 Å². The summed E-state index contributed by atoms with van der Waals surface area (Å²) >= 11 is 0. The maximum atomic E-state index is 13.5. The van der Waals surface area contributed by atoms with E-state index in [9.17, 15) is 18.0 Å². The van der Waals surface area contributed by atoms with Gasteiger partial charge in [0.1, 0.15) is 6.04 Å². The fourth-order valence-corrected chi connectivity index (χ4v) is 5.20. The molecule has 1 N–H and O–H groups in total. The highest BCUT2D eigenvalue weighted by molar-refractivity contribution is 7.92. The lowest BCUT2D eigenvalue weighted by Crippen LogP contribution is -2.50. The van der Waals surface area contributed by atoms with Crippen LogP contribution in [0.5, 0.6) is 0 Å². The molecule has 2 amide bonds. The van der Waals surface area contributed by atoms with E-state index < -0.39 is 16.1 Å². The van der Waals surface area contributed by atoms with Crippen LogP contribution in [0.15, 0.2) is 48.5 Å². The van der Waals surface area contributed by atoms with Gasteiger partial charge in [0.15, 0.2) is 0 Å². The van der Waals surface area contributed by atoms with Crippen LogP contribution in [-0.4, -0.2) is 50.0 Å². The van der Waals surface area contributed by atoms with Crippen LogP contribution in [0.25, 0.3) is 0 Å². The number of sulfonamides is 1. The summed E-state index contributed by atoms with van der Waals surface area (Å²) in [5.41, 5.74) is 3.75. The van der Waals surface area contributed by atoms with Crippen molar-refractivity contribution in [3.63, 3.8) is 0 Å². The average molecular weight is 530 g/mol. The van der Waals surface area contributed by atoms with Crippen LogP contribution in [0.3, 0.4) is 0 Å². The molecule has 0 radical (unpaired) electrons. The van der Waals surface area contributed by atoms with Gasteiger partial charge in [0.05, 0.1) is 11.9 Å². The molecule has 0 unspecified atom stereocenters. The molecule has 0 aromatic heterocycles. The quantitative estimate of drug-likeness (QED) is 0.380. The third kappa shape index (κ3) is 8.88. The van der Waals surface area contributed by atoms with Crippen LogP contribution in [0.2, 0.25) is 0 Å². The Morgan fingerprint density at radius 1 is 0.973 bits per heavy atom. The molecule has 2 aromatic rings. The lowest BCUT2D eigenvalue weighted by atomic mass is 10.0. The summed E-state index contributed by atoms with van der Waals surface area (Å²) in [6.07, 6.45) is 3.81. The van der Waals surface area contributed by atoms with Gasteiger partial charge in [-0.05, 0) is 68.4 Å². The van der Waals surface area contributed by atoms with Gasteiger partial charge in [-0.15, -0.1) is 0 Å². The van der Waals surface area contributed by atoms with Gasteiger partial charge in [0, 0.05) is 25.6 Å². The molecular formula is C29H43N3O4S. The molecule has 7 nitrogen and oxygen atoms in total. The van der Waals surface area contributed by atoms with Crippen LogP contribution >= 0.6 is 0 Å². The molecule has 0 saturated carbocycles. The first-order valence-corrected chi connectivity index (χ1v) is 15.1. The fourth-order valence-electron chi connectivity index (χ4n) is 4.23. The number of carbonyl (C=O) groups is 2. The number of hydrogen-bond acceptors (Lipinski definition) is 4. The third-order valence-corrected chi connectivity index (χ3v) is 7.97. The number of nitrogens with one attached hydrogen (secondary N) is 1. The van der Waals surface area contributed by atoms with E-state index >= 15 is 0 Å². The topological polar surface area (TPSA) is 86.8 Å². The van der Waals surface area contributed by atoms with E-state index in [0.29, 0.717) is 25.1 Å². The first-order chi connectivity index (χ1) is 17.5. The number of aryl methyl sites for hydroxylation is 2. The van der Waals surface area contributed by atoms with E-state index in [2.05, 4.69) is 5.32 Å². The Morgan fingerprint density at radius 2 is 1.62 bits per heavy atom. The van der Waals surface area contributed by atoms with Gasteiger partial charge in [0.25, 0.3) is 0 Å². The lowest BCUT2D eigenvalue weighted by molar-refractivity contribution is -0.141. The third-order valence-electron chi connectivity index (χ3n) is 6.77. The Morgan fingerprint density at radius 3 is 2.16 bits per heavy atom. The first-order valence-electron chi connectivity index (χ1n) is 13.2. The van der Waals surface area contributed by atoms with Crippen LogP contribution in [0.4, 0.5) is 5.69 Å². The highest BCUT2D eigenvalue weighted by Gasteiger charge is 2.29. The zero-order chi connectivity index (χ0) is 27.6. The SMILES string of the molecule is CCc1ccc(N(CCCC(=O)N(Cc2ccccc2C)[C@H](CC)C(=O)N[C@@H](C)CC)S(C)(=O)=O)cc1. The Hall–Kier alpha value is -2.87. The smallest absolute Gasteiger partial charge is 0.243 e. The molecule has 2 rings (SSSR count). The summed E-state index contributed by atoms with van der Waals surface area (Å²) in [4.78, 5) is 28.3. The summed E-state index contributed by atoms with van der Waals surface area (Å²) in [6.45, 7) is 10.4. The van der Waals surface area contributed by atoms with Crippen molar-refractivity contribution >= 4 is 27.5 Å². The van der Waals surface area contributed by atoms with Gasteiger partial charge in [-0.2, -0.15) is 0 Å². The first kappa shape index (κ1) is 30.4. The maximum absolute atomic E-state index is 13.5. The van der Waals surface area contributed by atoms with E-state index in [-0.39, 0.29) is 30.8 Å². The minimum absolute atomic E-state index is 0.0133. The summed E-state index contributed by atoms with van der Waals surface area (Å²) in [6, 6.07) is 14.7. The zero-order valence-electron chi connectivity index (χ0n) is 23.2. The number of benzene rings is 2. The fraction of sp³-hybridized carbons (Fsp3) is 0.517. The number of anilines is 1. The molecule has 0 spiro atoms. The Labute approximate surface area is 223 Å². The van der Waals surface area contributed by atoms with E-state index in [1.807, 2.05) is 71.0 Å².